The number of carbonyl (C=O) groups excluding carboxylic acids is 2. The maximum absolute atomic E-state index is 12.4. The normalized spacial score (nSPS) is 19.3. The lowest BCUT2D eigenvalue weighted by Gasteiger charge is -2.29. The van der Waals surface area contributed by atoms with E-state index in [0.29, 0.717) is 30.9 Å². The van der Waals surface area contributed by atoms with Crippen LogP contribution in [0.5, 0.6) is 0 Å². The quantitative estimate of drug-likeness (QED) is 0.790. The Labute approximate surface area is 136 Å². The van der Waals surface area contributed by atoms with Crippen molar-refractivity contribution >= 4 is 29.9 Å². The molecule has 2 aliphatic rings. The number of fused-ring (bicyclic) bond motifs is 1. The predicted molar refractivity (Wildman–Crippen MR) is 88.3 cm³/mol. The van der Waals surface area contributed by atoms with Crippen LogP contribution in [0.15, 0.2) is 18.2 Å². The third-order valence-corrected chi connectivity index (χ3v) is 4.56. The average molecular weight is 324 g/mol. The van der Waals surface area contributed by atoms with Gasteiger partial charge in [0.25, 0.3) is 5.91 Å². The summed E-state index contributed by atoms with van der Waals surface area (Å²) in [6, 6.07) is 5.43. The molecule has 22 heavy (non-hydrogen) atoms. The molecule has 4 N–H and O–H groups in total. The highest BCUT2D eigenvalue weighted by atomic mass is 35.5. The van der Waals surface area contributed by atoms with Gasteiger partial charge in [-0.25, -0.2) is 0 Å². The van der Waals surface area contributed by atoms with E-state index in [1.165, 1.54) is 0 Å². The van der Waals surface area contributed by atoms with Gasteiger partial charge in [-0.15, -0.1) is 12.4 Å². The lowest BCUT2D eigenvalue weighted by atomic mass is 9.94. The van der Waals surface area contributed by atoms with Gasteiger partial charge in [-0.05, 0) is 55.9 Å². The number of rotatable bonds is 4. The number of hydrogen-bond donors (Lipinski definition) is 3. The molecule has 0 bridgehead atoms. The summed E-state index contributed by atoms with van der Waals surface area (Å²) in [6.07, 6.45) is 3.41. The Morgan fingerprint density at radius 1 is 1.41 bits per heavy atom. The van der Waals surface area contributed by atoms with Crippen molar-refractivity contribution in [2.75, 3.05) is 11.9 Å². The van der Waals surface area contributed by atoms with Gasteiger partial charge in [-0.2, -0.15) is 0 Å². The van der Waals surface area contributed by atoms with E-state index in [0.717, 1.165) is 24.1 Å². The van der Waals surface area contributed by atoms with Crippen molar-refractivity contribution in [2.45, 2.75) is 38.1 Å². The fraction of sp³-hybridized carbons (Fsp3) is 0.500. The maximum Gasteiger partial charge on any atom is 0.251 e. The molecule has 1 atom stereocenters. The van der Waals surface area contributed by atoms with Gasteiger partial charge in [0.05, 0.1) is 5.54 Å². The lowest BCUT2D eigenvalue weighted by Crippen LogP contribution is -2.53. The van der Waals surface area contributed by atoms with Crippen molar-refractivity contribution in [2.24, 2.45) is 11.7 Å². The first kappa shape index (κ1) is 16.8. The van der Waals surface area contributed by atoms with Crippen molar-refractivity contribution in [1.29, 1.82) is 0 Å². The number of halogens is 1. The second-order valence-electron chi connectivity index (χ2n) is 6.27. The van der Waals surface area contributed by atoms with Gasteiger partial charge in [0.15, 0.2) is 0 Å². The summed E-state index contributed by atoms with van der Waals surface area (Å²) in [6.45, 7) is 2.46. The van der Waals surface area contributed by atoms with Gasteiger partial charge in [0.1, 0.15) is 0 Å². The first-order chi connectivity index (χ1) is 10.0. The minimum absolute atomic E-state index is 0. The molecule has 2 amide bonds. The van der Waals surface area contributed by atoms with Crippen LogP contribution in [0.1, 0.15) is 42.1 Å². The Bertz CT molecular complexity index is 601. The molecule has 1 aliphatic carbocycles. The number of hydrogen-bond acceptors (Lipinski definition) is 3. The van der Waals surface area contributed by atoms with Crippen LogP contribution in [-0.4, -0.2) is 23.9 Å². The molecule has 1 fully saturated rings. The highest BCUT2D eigenvalue weighted by molar-refractivity contribution is 5.98. The Morgan fingerprint density at radius 2 is 2.14 bits per heavy atom. The Kier molecular flexibility index (Phi) is 4.78. The van der Waals surface area contributed by atoms with Crippen LogP contribution in [0.2, 0.25) is 0 Å². The molecule has 1 heterocycles. The molecule has 1 aromatic rings. The van der Waals surface area contributed by atoms with Gasteiger partial charge >= 0.3 is 0 Å². The van der Waals surface area contributed by atoms with Crippen LogP contribution in [0.4, 0.5) is 5.69 Å². The standard InChI is InChI=1S/C16H21N3O2.ClH/c1-16(9-17,12-4-5-12)19-15(21)11-2-6-13-10(8-11)3-7-14(20)18-13;/h2,6,8,12H,3-5,7,9,17H2,1H3,(H,18,20)(H,19,21);1H. The number of nitrogens with two attached hydrogens (primary N) is 1. The minimum atomic E-state index is -0.318. The molecule has 3 rings (SSSR count). The van der Waals surface area contributed by atoms with E-state index in [1.54, 1.807) is 12.1 Å². The van der Waals surface area contributed by atoms with Crippen LogP contribution in [0.3, 0.4) is 0 Å². The van der Waals surface area contributed by atoms with Crippen LogP contribution in [-0.2, 0) is 11.2 Å². The Morgan fingerprint density at radius 3 is 2.77 bits per heavy atom. The molecular weight excluding hydrogens is 302 g/mol. The summed E-state index contributed by atoms with van der Waals surface area (Å²) in [4.78, 5) is 23.8. The van der Waals surface area contributed by atoms with E-state index in [-0.39, 0.29) is 29.8 Å². The Hall–Kier alpha value is -1.59. The van der Waals surface area contributed by atoms with Gasteiger partial charge in [0.2, 0.25) is 5.91 Å². The van der Waals surface area contributed by atoms with E-state index in [9.17, 15) is 9.59 Å². The van der Waals surface area contributed by atoms with Crippen LogP contribution >= 0.6 is 12.4 Å². The predicted octanol–water partition coefficient (Wildman–Crippen LogP) is 1.85. The molecule has 0 spiro atoms. The third kappa shape index (κ3) is 3.25. The number of nitrogens with one attached hydrogen (secondary N) is 2. The zero-order valence-corrected chi connectivity index (χ0v) is 13.5. The second-order valence-corrected chi connectivity index (χ2v) is 6.27. The average Bonchev–Trinajstić information content (AvgIpc) is 3.31. The molecule has 1 aliphatic heterocycles. The zero-order chi connectivity index (χ0) is 15.0. The van der Waals surface area contributed by atoms with Crippen LogP contribution in [0, 0.1) is 5.92 Å². The molecule has 120 valence electrons. The van der Waals surface area contributed by atoms with E-state index < -0.39 is 0 Å². The number of amides is 2. The van der Waals surface area contributed by atoms with Gasteiger partial charge in [-0.3, -0.25) is 9.59 Å². The minimum Gasteiger partial charge on any atom is -0.345 e. The molecule has 0 aromatic heterocycles. The van der Waals surface area contributed by atoms with Gasteiger partial charge in [0, 0.05) is 24.2 Å². The van der Waals surface area contributed by atoms with E-state index in [1.807, 2.05) is 13.0 Å². The molecule has 0 saturated heterocycles. The first-order valence-corrected chi connectivity index (χ1v) is 7.47. The maximum atomic E-state index is 12.4. The largest absolute Gasteiger partial charge is 0.345 e. The number of benzene rings is 1. The van der Waals surface area contributed by atoms with E-state index >= 15 is 0 Å². The first-order valence-electron chi connectivity index (χ1n) is 7.47. The lowest BCUT2D eigenvalue weighted by molar-refractivity contribution is -0.116. The molecular formula is C16H22ClN3O2. The highest BCUT2D eigenvalue weighted by Gasteiger charge is 2.41. The smallest absolute Gasteiger partial charge is 0.251 e. The van der Waals surface area contributed by atoms with E-state index in [2.05, 4.69) is 10.6 Å². The molecule has 1 saturated carbocycles. The zero-order valence-electron chi connectivity index (χ0n) is 12.6. The van der Waals surface area contributed by atoms with Crippen molar-refractivity contribution in [3.63, 3.8) is 0 Å². The topological polar surface area (TPSA) is 84.2 Å². The number of anilines is 1. The molecule has 1 aromatic carbocycles. The summed E-state index contributed by atoms with van der Waals surface area (Å²) in [5.74, 6) is 0.432. The molecule has 0 radical (unpaired) electrons. The summed E-state index contributed by atoms with van der Waals surface area (Å²) in [5, 5.41) is 5.91. The molecule has 1 unspecified atom stereocenters. The van der Waals surface area contributed by atoms with Crippen LogP contribution < -0.4 is 16.4 Å². The summed E-state index contributed by atoms with van der Waals surface area (Å²) < 4.78 is 0. The van der Waals surface area contributed by atoms with Crippen molar-refractivity contribution in [3.05, 3.63) is 29.3 Å². The number of carbonyl (C=O) groups is 2. The monoisotopic (exact) mass is 323 g/mol. The summed E-state index contributed by atoms with van der Waals surface area (Å²) >= 11 is 0. The number of aryl methyl sites for hydroxylation is 1. The SMILES string of the molecule is CC(CN)(NC(=O)c1ccc2c(c1)CCC(=O)N2)C1CC1.Cl. The van der Waals surface area contributed by atoms with Crippen molar-refractivity contribution < 1.29 is 9.59 Å². The molecule has 5 nitrogen and oxygen atoms in total. The third-order valence-electron chi connectivity index (χ3n) is 4.56. The van der Waals surface area contributed by atoms with Crippen molar-refractivity contribution in [3.8, 4) is 0 Å². The molecule has 6 heteroatoms. The summed E-state index contributed by atoms with van der Waals surface area (Å²) in [5.41, 5.74) is 7.98. The van der Waals surface area contributed by atoms with Gasteiger partial charge in [-0.1, -0.05) is 0 Å². The van der Waals surface area contributed by atoms with E-state index in [4.69, 9.17) is 5.73 Å². The van der Waals surface area contributed by atoms with Gasteiger partial charge < -0.3 is 16.4 Å². The fourth-order valence-corrected chi connectivity index (χ4v) is 2.90. The second kappa shape index (κ2) is 6.26. The Balaban J connectivity index is 0.00000176. The fourth-order valence-electron chi connectivity index (χ4n) is 2.90. The van der Waals surface area contributed by atoms with Crippen LogP contribution in [0.25, 0.3) is 0 Å². The highest BCUT2D eigenvalue weighted by Crippen LogP contribution is 2.39. The van der Waals surface area contributed by atoms with Crippen molar-refractivity contribution in [1.82, 2.24) is 5.32 Å². The summed E-state index contributed by atoms with van der Waals surface area (Å²) in [7, 11) is 0.